The molecule has 8 nitrogen and oxygen atoms in total. The van der Waals surface area contributed by atoms with E-state index in [-0.39, 0.29) is 24.0 Å². The summed E-state index contributed by atoms with van der Waals surface area (Å²) in [7, 11) is -0.580. The number of carbonyl (C=O) groups is 1. The maximum atomic E-state index is 12.6. The third-order valence-corrected chi connectivity index (χ3v) is 6.74. The molecule has 35 heavy (non-hydrogen) atoms. The van der Waals surface area contributed by atoms with Crippen molar-refractivity contribution >= 4 is 15.9 Å². The molecule has 0 aromatic heterocycles. The summed E-state index contributed by atoms with van der Waals surface area (Å²) >= 11 is 0. The second kappa shape index (κ2) is 12.2. The Balaban J connectivity index is 1.46. The highest BCUT2D eigenvalue weighted by molar-refractivity contribution is 7.89. The van der Waals surface area contributed by atoms with E-state index in [0.717, 1.165) is 16.7 Å². The Kier molecular flexibility index (Phi) is 9.11. The number of hydrogen-bond donors (Lipinski definition) is 2. The average Bonchev–Trinajstić information content (AvgIpc) is 2.87. The standard InChI is InChI=1S/C26H30N2O6S/c1-19-4-6-21(7-5-19)17-27-26(29)18-34-22-9-11-23(12-10-22)35(30,31)28-15-14-20-8-13-24(32-2)25(16-20)33-3/h4-13,16,28H,14-15,17-18H2,1-3H3,(H,27,29). The largest absolute Gasteiger partial charge is 0.493 e. The molecule has 3 aromatic rings. The van der Waals surface area contributed by atoms with Crippen molar-refractivity contribution in [3.8, 4) is 17.2 Å². The SMILES string of the molecule is COc1ccc(CCNS(=O)(=O)c2ccc(OCC(=O)NCc3ccc(C)cc3)cc2)cc1OC. The molecule has 0 unspecified atom stereocenters. The summed E-state index contributed by atoms with van der Waals surface area (Å²) in [6.07, 6.45) is 0.485. The Morgan fingerprint density at radius 3 is 2.17 bits per heavy atom. The Morgan fingerprint density at radius 2 is 1.51 bits per heavy atom. The van der Waals surface area contributed by atoms with Gasteiger partial charge in [-0.2, -0.15) is 0 Å². The van der Waals surface area contributed by atoms with E-state index >= 15 is 0 Å². The Bertz CT molecular complexity index is 1230. The van der Waals surface area contributed by atoms with E-state index in [1.54, 1.807) is 20.3 Å². The number of hydrogen-bond acceptors (Lipinski definition) is 6. The number of methoxy groups -OCH3 is 2. The highest BCUT2D eigenvalue weighted by Crippen LogP contribution is 2.27. The first kappa shape index (κ1) is 26.1. The number of ether oxygens (including phenoxy) is 3. The molecule has 0 atom stereocenters. The van der Waals surface area contributed by atoms with Gasteiger partial charge in [0.1, 0.15) is 5.75 Å². The molecule has 2 N–H and O–H groups in total. The molecule has 0 aliphatic rings. The molecule has 3 rings (SSSR count). The summed E-state index contributed by atoms with van der Waals surface area (Å²) in [6.45, 7) is 2.47. The quantitative estimate of drug-likeness (QED) is 0.398. The van der Waals surface area contributed by atoms with Crippen molar-refractivity contribution in [2.24, 2.45) is 0 Å². The molecule has 0 spiro atoms. The summed E-state index contributed by atoms with van der Waals surface area (Å²) in [5, 5.41) is 2.79. The smallest absolute Gasteiger partial charge is 0.258 e. The second-order valence-corrected chi connectivity index (χ2v) is 9.63. The molecule has 0 aliphatic carbocycles. The van der Waals surface area contributed by atoms with Crippen LogP contribution in [0, 0.1) is 6.92 Å². The zero-order valence-electron chi connectivity index (χ0n) is 20.0. The van der Waals surface area contributed by atoms with Crippen molar-refractivity contribution in [3.05, 3.63) is 83.4 Å². The molecule has 0 heterocycles. The monoisotopic (exact) mass is 498 g/mol. The maximum absolute atomic E-state index is 12.6. The topological polar surface area (TPSA) is 103 Å². The van der Waals surface area contributed by atoms with Gasteiger partial charge in [0.05, 0.1) is 19.1 Å². The van der Waals surface area contributed by atoms with Gasteiger partial charge >= 0.3 is 0 Å². The molecule has 0 saturated heterocycles. The first-order chi connectivity index (χ1) is 16.8. The van der Waals surface area contributed by atoms with Crippen LogP contribution in [0.5, 0.6) is 17.2 Å². The maximum Gasteiger partial charge on any atom is 0.258 e. The van der Waals surface area contributed by atoms with Crippen molar-refractivity contribution in [1.29, 1.82) is 0 Å². The Labute approximate surface area is 206 Å². The Morgan fingerprint density at radius 1 is 0.857 bits per heavy atom. The van der Waals surface area contributed by atoms with Crippen LogP contribution in [-0.2, 0) is 27.8 Å². The zero-order chi connectivity index (χ0) is 25.3. The average molecular weight is 499 g/mol. The fourth-order valence-electron chi connectivity index (χ4n) is 3.27. The third-order valence-electron chi connectivity index (χ3n) is 5.27. The summed E-state index contributed by atoms with van der Waals surface area (Å²) in [6, 6.07) is 19.3. The normalized spacial score (nSPS) is 11.1. The lowest BCUT2D eigenvalue weighted by molar-refractivity contribution is -0.123. The summed E-state index contributed by atoms with van der Waals surface area (Å²) in [5.74, 6) is 1.34. The van der Waals surface area contributed by atoms with Crippen molar-refractivity contribution in [2.45, 2.75) is 24.8 Å². The van der Waals surface area contributed by atoms with Gasteiger partial charge in [0.2, 0.25) is 10.0 Å². The Hall–Kier alpha value is -3.56. The number of nitrogens with one attached hydrogen (secondary N) is 2. The second-order valence-electron chi connectivity index (χ2n) is 7.86. The van der Waals surface area contributed by atoms with E-state index in [2.05, 4.69) is 10.0 Å². The number of rotatable bonds is 12. The van der Waals surface area contributed by atoms with Gasteiger partial charge < -0.3 is 19.5 Å². The van der Waals surface area contributed by atoms with Gasteiger partial charge in [-0.15, -0.1) is 0 Å². The van der Waals surface area contributed by atoms with E-state index < -0.39 is 10.0 Å². The van der Waals surface area contributed by atoms with Crippen molar-refractivity contribution in [2.75, 3.05) is 27.4 Å². The van der Waals surface area contributed by atoms with Crippen LogP contribution >= 0.6 is 0 Å². The molecule has 0 radical (unpaired) electrons. The molecular formula is C26H30N2O6S. The van der Waals surface area contributed by atoms with Crippen LogP contribution in [0.25, 0.3) is 0 Å². The van der Waals surface area contributed by atoms with Gasteiger partial charge in [-0.3, -0.25) is 4.79 Å². The predicted octanol–water partition coefficient (Wildman–Crippen LogP) is 3.23. The summed E-state index contributed by atoms with van der Waals surface area (Å²) in [4.78, 5) is 12.1. The van der Waals surface area contributed by atoms with Gasteiger partial charge in [-0.05, 0) is 60.9 Å². The lowest BCUT2D eigenvalue weighted by Gasteiger charge is -2.11. The van der Waals surface area contributed by atoms with Crippen LogP contribution in [0.3, 0.4) is 0 Å². The zero-order valence-corrected chi connectivity index (χ0v) is 20.9. The van der Waals surface area contributed by atoms with Crippen molar-refractivity contribution < 1.29 is 27.4 Å². The van der Waals surface area contributed by atoms with Crippen LogP contribution in [0.15, 0.2) is 71.6 Å². The lowest BCUT2D eigenvalue weighted by atomic mass is 10.1. The molecule has 186 valence electrons. The fraction of sp³-hybridized carbons (Fsp3) is 0.269. The molecule has 9 heteroatoms. The first-order valence-corrected chi connectivity index (χ1v) is 12.5. The minimum absolute atomic E-state index is 0.112. The number of amides is 1. The van der Waals surface area contributed by atoms with E-state index in [4.69, 9.17) is 14.2 Å². The van der Waals surface area contributed by atoms with E-state index in [1.807, 2.05) is 43.3 Å². The van der Waals surface area contributed by atoms with Crippen LogP contribution < -0.4 is 24.2 Å². The van der Waals surface area contributed by atoms with Crippen LogP contribution in [0.1, 0.15) is 16.7 Å². The highest BCUT2D eigenvalue weighted by Gasteiger charge is 2.14. The summed E-state index contributed by atoms with van der Waals surface area (Å²) in [5.41, 5.74) is 3.06. The number of aryl methyl sites for hydroxylation is 1. The molecular weight excluding hydrogens is 468 g/mol. The van der Waals surface area contributed by atoms with E-state index in [0.29, 0.717) is 30.2 Å². The first-order valence-electron chi connectivity index (χ1n) is 11.1. The molecule has 0 saturated carbocycles. The highest BCUT2D eigenvalue weighted by atomic mass is 32.2. The van der Waals surface area contributed by atoms with E-state index in [9.17, 15) is 13.2 Å². The van der Waals surface area contributed by atoms with Gasteiger partial charge in [0.15, 0.2) is 18.1 Å². The van der Waals surface area contributed by atoms with Crippen LogP contribution in [0.4, 0.5) is 0 Å². The van der Waals surface area contributed by atoms with Crippen molar-refractivity contribution in [3.63, 3.8) is 0 Å². The molecule has 0 fully saturated rings. The third kappa shape index (κ3) is 7.73. The number of carbonyl (C=O) groups excluding carboxylic acids is 1. The minimum atomic E-state index is -3.69. The molecule has 0 aliphatic heterocycles. The predicted molar refractivity (Wildman–Crippen MR) is 133 cm³/mol. The van der Waals surface area contributed by atoms with Gasteiger partial charge in [-0.25, -0.2) is 13.1 Å². The van der Waals surface area contributed by atoms with Gasteiger partial charge in [-0.1, -0.05) is 35.9 Å². The number of benzene rings is 3. The minimum Gasteiger partial charge on any atom is -0.493 e. The van der Waals surface area contributed by atoms with Crippen LogP contribution in [0.2, 0.25) is 0 Å². The fourth-order valence-corrected chi connectivity index (χ4v) is 4.30. The molecule has 3 aromatic carbocycles. The van der Waals surface area contributed by atoms with E-state index in [1.165, 1.54) is 24.3 Å². The molecule has 0 bridgehead atoms. The van der Waals surface area contributed by atoms with Gasteiger partial charge in [0.25, 0.3) is 5.91 Å². The number of sulfonamides is 1. The van der Waals surface area contributed by atoms with Crippen molar-refractivity contribution in [1.82, 2.24) is 10.0 Å². The lowest BCUT2D eigenvalue weighted by Crippen LogP contribution is -2.28. The molecule has 1 amide bonds. The van der Waals surface area contributed by atoms with Crippen LogP contribution in [-0.4, -0.2) is 41.7 Å². The van der Waals surface area contributed by atoms with Gasteiger partial charge in [0, 0.05) is 13.1 Å². The summed E-state index contributed by atoms with van der Waals surface area (Å²) < 4.78 is 43.8.